The molecule has 1 atom stereocenters. The summed E-state index contributed by atoms with van der Waals surface area (Å²) < 4.78 is 19.8. The Bertz CT molecular complexity index is 992. The van der Waals surface area contributed by atoms with Gasteiger partial charge >= 0.3 is 5.97 Å². The fourth-order valence-electron chi connectivity index (χ4n) is 3.97. The number of benzene rings is 2. The molecule has 4 rings (SSSR count). The smallest absolute Gasteiger partial charge is 0.337 e. The van der Waals surface area contributed by atoms with Crippen LogP contribution in [0.4, 0.5) is 10.1 Å². The summed E-state index contributed by atoms with van der Waals surface area (Å²) >= 11 is 0. The minimum atomic E-state index is -0.757. The Kier molecular flexibility index (Phi) is 4.77. The molecular weight excluding hydrogens is 367 g/mol. The monoisotopic (exact) mass is 392 g/mol. The van der Waals surface area contributed by atoms with Crippen LogP contribution in [0.3, 0.4) is 0 Å². The van der Waals surface area contributed by atoms with Crippen molar-refractivity contribution in [3.05, 3.63) is 77.2 Å². The van der Waals surface area contributed by atoms with E-state index in [1.165, 1.54) is 12.1 Å². The van der Waals surface area contributed by atoms with Crippen LogP contribution in [-0.4, -0.2) is 29.2 Å². The number of hydrogen-bond acceptors (Lipinski definition) is 4. The van der Waals surface area contributed by atoms with Gasteiger partial charge in [0.2, 0.25) is 0 Å². The second-order valence-corrected chi connectivity index (χ2v) is 8.64. The first-order chi connectivity index (χ1) is 13.8. The molecule has 1 spiro atoms. The lowest BCUT2D eigenvalue weighted by Gasteiger charge is -2.38. The summed E-state index contributed by atoms with van der Waals surface area (Å²) in [5.74, 6) is -0.720. The van der Waals surface area contributed by atoms with Crippen LogP contribution in [0.2, 0.25) is 0 Å². The van der Waals surface area contributed by atoms with Gasteiger partial charge in [0, 0.05) is 25.5 Å². The van der Waals surface area contributed by atoms with E-state index in [4.69, 9.17) is 4.74 Å². The molecule has 0 radical (unpaired) electrons. The molecular formula is C24H25FN2O2. The Morgan fingerprint density at radius 3 is 2.69 bits per heavy atom. The lowest BCUT2D eigenvalue weighted by atomic mass is 9.71. The van der Waals surface area contributed by atoms with E-state index in [-0.39, 0.29) is 11.8 Å². The molecule has 4 nitrogen and oxygen atoms in total. The van der Waals surface area contributed by atoms with Crippen LogP contribution < -0.4 is 0 Å². The Morgan fingerprint density at radius 1 is 1.21 bits per heavy atom. The molecule has 0 amide bonds. The lowest BCUT2D eigenvalue weighted by molar-refractivity contribution is -0.150. The van der Waals surface area contributed by atoms with Gasteiger partial charge in [-0.2, -0.15) is 0 Å². The van der Waals surface area contributed by atoms with Gasteiger partial charge in [0.1, 0.15) is 11.4 Å². The zero-order chi connectivity index (χ0) is 20.6. The summed E-state index contributed by atoms with van der Waals surface area (Å²) in [5.41, 5.74) is 1.72. The molecule has 2 heterocycles. The molecule has 150 valence electrons. The highest BCUT2D eigenvalue weighted by Crippen LogP contribution is 2.47. The molecule has 1 unspecified atom stereocenters. The predicted molar refractivity (Wildman–Crippen MR) is 112 cm³/mol. The van der Waals surface area contributed by atoms with Crippen LogP contribution in [0.25, 0.3) is 0 Å². The molecule has 0 aliphatic carbocycles. The third kappa shape index (κ3) is 3.82. The number of hydrogen-bond donors (Lipinski definition) is 0. The maximum atomic E-state index is 14.1. The van der Waals surface area contributed by atoms with Gasteiger partial charge in [-0.3, -0.25) is 4.99 Å². The van der Waals surface area contributed by atoms with Crippen LogP contribution in [0.15, 0.2) is 65.3 Å². The number of halogens is 1. The first kappa shape index (κ1) is 19.4. The van der Waals surface area contributed by atoms with Crippen molar-refractivity contribution in [3.63, 3.8) is 0 Å². The normalized spacial score (nSPS) is 20.6. The molecule has 0 aromatic heterocycles. The maximum absolute atomic E-state index is 14.1. The quantitative estimate of drug-likeness (QED) is 0.697. The SMILES string of the molecule is CC(C)(C)OC(=O)C1=CN(Cc2ccccc2)CCC12C=Nc1ccc(F)cc12. The highest BCUT2D eigenvalue weighted by atomic mass is 19.1. The van der Waals surface area contributed by atoms with Crippen molar-refractivity contribution in [2.45, 2.75) is 44.8 Å². The van der Waals surface area contributed by atoms with E-state index in [1.54, 1.807) is 12.3 Å². The third-order valence-electron chi connectivity index (χ3n) is 5.30. The zero-order valence-corrected chi connectivity index (χ0v) is 17.0. The Labute approximate surface area is 170 Å². The van der Waals surface area contributed by atoms with Gasteiger partial charge < -0.3 is 9.64 Å². The maximum Gasteiger partial charge on any atom is 0.337 e. The summed E-state index contributed by atoms with van der Waals surface area (Å²) in [6, 6.07) is 14.7. The number of rotatable bonds is 3. The fraction of sp³-hybridized carbons (Fsp3) is 0.333. The molecule has 2 aliphatic heterocycles. The van der Waals surface area contributed by atoms with Crippen molar-refractivity contribution in [3.8, 4) is 0 Å². The van der Waals surface area contributed by atoms with Crippen LogP contribution >= 0.6 is 0 Å². The standard InChI is InChI=1S/C24H25FN2O2/c1-23(2,3)29-22(28)20-15-27(14-17-7-5-4-6-8-17)12-11-24(20)16-26-21-10-9-18(25)13-19(21)24/h4-10,13,15-16H,11-12,14H2,1-3H3. The highest BCUT2D eigenvalue weighted by molar-refractivity contribution is 6.02. The van der Waals surface area contributed by atoms with Crippen molar-refractivity contribution in [1.29, 1.82) is 0 Å². The minimum Gasteiger partial charge on any atom is -0.457 e. The number of carbonyl (C=O) groups is 1. The molecule has 2 aromatic carbocycles. The van der Waals surface area contributed by atoms with Crippen molar-refractivity contribution in [2.24, 2.45) is 4.99 Å². The summed E-state index contributed by atoms with van der Waals surface area (Å²) in [4.78, 5) is 19.8. The molecule has 0 fully saturated rings. The molecule has 29 heavy (non-hydrogen) atoms. The molecule has 0 saturated heterocycles. The summed E-state index contributed by atoms with van der Waals surface area (Å²) in [7, 11) is 0. The molecule has 2 aliphatic rings. The Morgan fingerprint density at radius 2 is 1.97 bits per heavy atom. The van der Waals surface area contributed by atoms with Crippen LogP contribution in [0.1, 0.15) is 38.3 Å². The topological polar surface area (TPSA) is 41.9 Å². The van der Waals surface area contributed by atoms with Gasteiger partial charge in [-0.25, -0.2) is 9.18 Å². The lowest BCUT2D eigenvalue weighted by Crippen LogP contribution is -2.43. The van der Waals surface area contributed by atoms with Gasteiger partial charge in [-0.15, -0.1) is 0 Å². The molecule has 5 heteroatoms. The number of esters is 1. The highest BCUT2D eigenvalue weighted by Gasteiger charge is 2.46. The molecule has 0 bridgehead atoms. The van der Waals surface area contributed by atoms with E-state index >= 15 is 0 Å². The molecule has 0 saturated carbocycles. The van der Waals surface area contributed by atoms with Gasteiger partial charge in [0.25, 0.3) is 0 Å². The van der Waals surface area contributed by atoms with Crippen molar-refractivity contribution < 1.29 is 13.9 Å². The van der Waals surface area contributed by atoms with Crippen molar-refractivity contribution >= 4 is 17.9 Å². The van der Waals surface area contributed by atoms with Gasteiger partial charge in [0.15, 0.2) is 0 Å². The Hall–Kier alpha value is -2.95. The van der Waals surface area contributed by atoms with E-state index in [1.807, 2.05) is 45.2 Å². The summed E-state index contributed by atoms with van der Waals surface area (Å²) in [5, 5.41) is 0. The van der Waals surface area contributed by atoms with E-state index in [0.29, 0.717) is 24.2 Å². The van der Waals surface area contributed by atoms with Gasteiger partial charge in [-0.05, 0) is 56.5 Å². The molecule has 0 N–H and O–H groups in total. The predicted octanol–water partition coefficient (Wildman–Crippen LogP) is 4.91. The van der Waals surface area contributed by atoms with E-state index in [2.05, 4.69) is 22.0 Å². The molecule has 2 aromatic rings. The van der Waals surface area contributed by atoms with Crippen molar-refractivity contribution in [2.75, 3.05) is 6.54 Å². The zero-order valence-electron chi connectivity index (χ0n) is 17.0. The minimum absolute atomic E-state index is 0.330. The van der Waals surface area contributed by atoms with Crippen LogP contribution in [-0.2, 0) is 21.5 Å². The van der Waals surface area contributed by atoms with Crippen LogP contribution in [0.5, 0.6) is 0 Å². The van der Waals surface area contributed by atoms with Crippen LogP contribution in [0, 0.1) is 5.82 Å². The van der Waals surface area contributed by atoms with E-state index < -0.39 is 11.0 Å². The number of carbonyl (C=O) groups excluding carboxylic acids is 1. The van der Waals surface area contributed by atoms with E-state index in [9.17, 15) is 9.18 Å². The number of fused-ring (bicyclic) bond motifs is 2. The number of ether oxygens (including phenoxy) is 1. The number of nitrogens with zero attached hydrogens (tertiary/aromatic N) is 2. The van der Waals surface area contributed by atoms with Gasteiger partial charge in [0.05, 0.1) is 16.7 Å². The first-order valence-corrected chi connectivity index (χ1v) is 9.86. The average Bonchev–Trinajstić information content (AvgIpc) is 3.01. The summed E-state index contributed by atoms with van der Waals surface area (Å²) in [6.45, 7) is 6.96. The fourth-order valence-corrected chi connectivity index (χ4v) is 3.97. The Balaban J connectivity index is 1.75. The summed E-state index contributed by atoms with van der Waals surface area (Å²) in [6.07, 6.45) is 4.29. The third-order valence-corrected chi connectivity index (χ3v) is 5.30. The largest absolute Gasteiger partial charge is 0.457 e. The second-order valence-electron chi connectivity index (χ2n) is 8.64. The first-order valence-electron chi connectivity index (χ1n) is 9.86. The van der Waals surface area contributed by atoms with E-state index in [0.717, 1.165) is 17.7 Å². The average molecular weight is 392 g/mol. The number of aliphatic imine (C=N–C) groups is 1. The van der Waals surface area contributed by atoms with Gasteiger partial charge in [-0.1, -0.05) is 30.3 Å². The second kappa shape index (κ2) is 7.14. The van der Waals surface area contributed by atoms with Crippen molar-refractivity contribution in [1.82, 2.24) is 4.90 Å².